The van der Waals surface area contributed by atoms with Gasteiger partial charge in [-0.2, -0.15) is 0 Å². The number of fused-ring (bicyclic) bond motifs is 2. The van der Waals surface area contributed by atoms with Gasteiger partial charge in [-0.15, -0.1) is 0 Å². The minimum Gasteiger partial charge on any atom is -0.486 e. The molecule has 3 aliphatic heterocycles. The van der Waals surface area contributed by atoms with Crippen LogP contribution < -0.4 is 19.7 Å². The summed E-state index contributed by atoms with van der Waals surface area (Å²) < 4.78 is 11.4. The second kappa shape index (κ2) is 10.9. The second-order valence-electron chi connectivity index (χ2n) is 11.1. The molecule has 7 heteroatoms. The molecule has 3 atom stereocenters. The highest BCUT2D eigenvalue weighted by Gasteiger charge is 2.33. The maximum Gasteiger partial charge on any atom is 0.225 e. The first-order valence-electron chi connectivity index (χ1n) is 14.1. The van der Waals surface area contributed by atoms with E-state index < -0.39 is 6.10 Å². The summed E-state index contributed by atoms with van der Waals surface area (Å²) in [6.07, 6.45) is 7.25. The summed E-state index contributed by atoms with van der Waals surface area (Å²) >= 11 is 0. The summed E-state index contributed by atoms with van der Waals surface area (Å²) in [4.78, 5) is 18.2. The van der Waals surface area contributed by atoms with Crippen LogP contribution in [0.3, 0.4) is 0 Å². The van der Waals surface area contributed by atoms with Gasteiger partial charge in [-0.05, 0) is 99.0 Å². The first-order valence-corrected chi connectivity index (χ1v) is 14.1. The molecule has 198 valence electrons. The topological polar surface area (TPSA) is 74.3 Å². The predicted molar refractivity (Wildman–Crippen MR) is 143 cm³/mol. The Kier molecular flexibility index (Phi) is 7.25. The Hall–Kier alpha value is -2.77. The number of nitrogens with zero attached hydrogens (tertiary/aromatic N) is 2. The van der Waals surface area contributed by atoms with E-state index in [1.165, 1.54) is 48.9 Å². The van der Waals surface area contributed by atoms with Gasteiger partial charge < -0.3 is 29.7 Å². The van der Waals surface area contributed by atoms with Crippen LogP contribution in [0.2, 0.25) is 0 Å². The van der Waals surface area contributed by atoms with Crippen molar-refractivity contribution in [2.45, 2.75) is 57.1 Å². The zero-order valence-corrected chi connectivity index (χ0v) is 21.7. The molecule has 0 spiro atoms. The Morgan fingerprint density at radius 3 is 2.57 bits per heavy atom. The summed E-state index contributed by atoms with van der Waals surface area (Å²) in [6.45, 7) is 5.31. The van der Waals surface area contributed by atoms with Crippen molar-refractivity contribution < 1.29 is 19.4 Å². The SMILES string of the molecule is O=C(N[C@H](CN1CCCC1)[C@H](O)c1ccc2c(c1)OCCO2)[C@@H]1CCN(c2ccc3c(c2)CCCC3)C1. The number of carbonyl (C=O) groups excluding carboxylic acids is 1. The van der Waals surface area contributed by atoms with E-state index in [1.807, 2.05) is 18.2 Å². The van der Waals surface area contributed by atoms with E-state index >= 15 is 0 Å². The number of anilines is 1. The molecule has 3 heterocycles. The lowest BCUT2D eigenvalue weighted by Gasteiger charge is -2.30. The van der Waals surface area contributed by atoms with Gasteiger partial charge in [0.15, 0.2) is 11.5 Å². The quantitative estimate of drug-likeness (QED) is 0.600. The third kappa shape index (κ3) is 5.43. The molecule has 0 radical (unpaired) electrons. The Morgan fingerprint density at radius 1 is 0.946 bits per heavy atom. The molecule has 0 aromatic heterocycles. The molecule has 6 rings (SSSR count). The highest BCUT2D eigenvalue weighted by Crippen LogP contribution is 2.34. The third-order valence-electron chi connectivity index (χ3n) is 8.53. The minimum absolute atomic E-state index is 0.0428. The summed E-state index contributed by atoms with van der Waals surface area (Å²) in [5, 5.41) is 14.7. The van der Waals surface area contributed by atoms with Gasteiger partial charge in [0.1, 0.15) is 19.3 Å². The van der Waals surface area contributed by atoms with Crippen LogP contribution in [0.1, 0.15) is 54.9 Å². The lowest BCUT2D eigenvalue weighted by molar-refractivity contribution is -0.126. The fourth-order valence-corrected chi connectivity index (χ4v) is 6.37. The van der Waals surface area contributed by atoms with Crippen molar-refractivity contribution in [3.05, 3.63) is 53.1 Å². The summed E-state index contributed by atoms with van der Waals surface area (Å²) in [5.41, 5.74) is 4.95. The Labute approximate surface area is 219 Å². The van der Waals surface area contributed by atoms with Crippen LogP contribution in [0.25, 0.3) is 0 Å². The number of amides is 1. The number of carbonyl (C=O) groups is 1. The molecule has 4 aliphatic rings. The second-order valence-corrected chi connectivity index (χ2v) is 11.1. The van der Waals surface area contributed by atoms with Crippen LogP contribution in [-0.2, 0) is 17.6 Å². The number of likely N-dealkylation sites (tertiary alicyclic amines) is 1. The normalized spacial score (nSPS) is 22.9. The van der Waals surface area contributed by atoms with Crippen molar-refractivity contribution in [2.75, 3.05) is 50.8 Å². The molecule has 2 fully saturated rings. The molecule has 0 unspecified atom stereocenters. The fraction of sp³-hybridized carbons (Fsp3) is 0.567. The molecule has 7 nitrogen and oxygen atoms in total. The average Bonchev–Trinajstić information content (AvgIpc) is 3.64. The average molecular weight is 506 g/mol. The van der Waals surface area contributed by atoms with Crippen LogP contribution in [0.5, 0.6) is 11.5 Å². The van der Waals surface area contributed by atoms with Gasteiger partial charge in [-0.3, -0.25) is 4.79 Å². The van der Waals surface area contributed by atoms with E-state index in [-0.39, 0.29) is 17.9 Å². The van der Waals surface area contributed by atoms with E-state index in [0.717, 1.165) is 44.6 Å². The molecule has 0 bridgehead atoms. The van der Waals surface area contributed by atoms with Crippen molar-refractivity contribution in [3.63, 3.8) is 0 Å². The van der Waals surface area contributed by atoms with Crippen LogP contribution in [0, 0.1) is 5.92 Å². The standard InChI is InChI=1S/C30H39N3O4/c34-29(23-8-10-27-28(18-23)37-16-15-36-27)26(20-32-12-3-4-13-32)31-30(35)24-11-14-33(19-24)25-9-7-21-5-1-2-6-22(21)17-25/h7-10,17-18,24,26,29,34H,1-6,11-16,19-20H2,(H,31,35)/t24-,26-,29-/m1/s1. The van der Waals surface area contributed by atoms with E-state index in [9.17, 15) is 9.90 Å². The van der Waals surface area contributed by atoms with E-state index in [0.29, 0.717) is 31.3 Å². The molecule has 2 N–H and O–H groups in total. The van der Waals surface area contributed by atoms with Gasteiger partial charge >= 0.3 is 0 Å². The number of aliphatic hydroxyl groups excluding tert-OH is 1. The third-order valence-corrected chi connectivity index (χ3v) is 8.53. The fourth-order valence-electron chi connectivity index (χ4n) is 6.37. The molecule has 0 saturated carbocycles. The highest BCUT2D eigenvalue weighted by atomic mass is 16.6. The van der Waals surface area contributed by atoms with Gasteiger partial charge in [-0.1, -0.05) is 12.1 Å². The van der Waals surface area contributed by atoms with Gasteiger partial charge in [0, 0.05) is 25.3 Å². The summed E-state index contributed by atoms with van der Waals surface area (Å²) in [6, 6.07) is 12.1. The van der Waals surface area contributed by atoms with Crippen molar-refractivity contribution in [3.8, 4) is 11.5 Å². The van der Waals surface area contributed by atoms with Crippen molar-refractivity contribution in [1.29, 1.82) is 0 Å². The Balaban J connectivity index is 1.14. The van der Waals surface area contributed by atoms with Crippen LogP contribution in [0.4, 0.5) is 5.69 Å². The molecule has 2 aromatic rings. The van der Waals surface area contributed by atoms with Gasteiger partial charge in [0.25, 0.3) is 0 Å². The number of aryl methyl sites for hydroxylation is 2. The molecule has 37 heavy (non-hydrogen) atoms. The maximum atomic E-state index is 13.5. The first kappa shape index (κ1) is 24.6. The molecule has 1 amide bonds. The van der Waals surface area contributed by atoms with Gasteiger partial charge in [-0.25, -0.2) is 0 Å². The zero-order valence-electron chi connectivity index (χ0n) is 21.7. The van der Waals surface area contributed by atoms with Crippen LogP contribution in [-0.4, -0.2) is 67.9 Å². The monoisotopic (exact) mass is 505 g/mol. The van der Waals surface area contributed by atoms with Crippen molar-refractivity contribution >= 4 is 11.6 Å². The molecule has 2 aromatic carbocycles. The molecule has 2 saturated heterocycles. The summed E-state index contributed by atoms with van der Waals surface area (Å²) in [7, 11) is 0. The Morgan fingerprint density at radius 2 is 1.73 bits per heavy atom. The van der Waals surface area contributed by atoms with E-state index in [2.05, 4.69) is 33.3 Å². The van der Waals surface area contributed by atoms with Gasteiger partial charge in [0.2, 0.25) is 5.91 Å². The number of rotatable bonds is 7. The summed E-state index contributed by atoms with van der Waals surface area (Å²) in [5.74, 6) is 1.33. The number of ether oxygens (including phenoxy) is 2. The van der Waals surface area contributed by atoms with E-state index in [4.69, 9.17) is 9.47 Å². The highest BCUT2D eigenvalue weighted by molar-refractivity contribution is 5.80. The zero-order chi connectivity index (χ0) is 25.2. The maximum absolute atomic E-state index is 13.5. The molecular formula is C30H39N3O4. The number of benzene rings is 2. The number of hydrogen-bond acceptors (Lipinski definition) is 6. The number of aliphatic hydroxyl groups is 1. The first-order chi connectivity index (χ1) is 18.1. The predicted octanol–water partition coefficient (Wildman–Crippen LogP) is 3.48. The number of nitrogens with one attached hydrogen (secondary N) is 1. The molecule has 1 aliphatic carbocycles. The van der Waals surface area contributed by atoms with Crippen LogP contribution >= 0.6 is 0 Å². The van der Waals surface area contributed by atoms with Crippen molar-refractivity contribution in [2.24, 2.45) is 5.92 Å². The molecular weight excluding hydrogens is 466 g/mol. The lowest BCUT2D eigenvalue weighted by Crippen LogP contribution is -2.48. The smallest absolute Gasteiger partial charge is 0.225 e. The largest absolute Gasteiger partial charge is 0.486 e. The van der Waals surface area contributed by atoms with Gasteiger partial charge in [0.05, 0.1) is 12.0 Å². The van der Waals surface area contributed by atoms with Crippen LogP contribution in [0.15, 0.2) is 36.4 Å². The van der Waals surface area contributed by atoms with Crippen molar-refractivity contribution in [1.82, 2.24) is 10.2 Å². The van der Waals surface area contributed by atoms with E-state index in [1.54, 1.807) is 0 Å². The Bertz CT molecular complexity index is 1120. The minimum atomic E-state index is -0.821. The number of hydrogen-bond donors (Lipinski definition) is 2. The lowest BCUT2D eigenvalue weighted by atomic mass is 9.91.